The molecule has 0 bridgehead atoms. The number of aromatic nitrogens is 1. The van der Waals surface area contributed by atoms with Crippen LogP contribution < -0.4 is 0 Å². The van der Waals surface area contributed by atoms with Crippen molar-refractivity contribution < 1.29 is 17.7 Å². The third-order valence-electron chi connectivity index (χ3n) is 4.99. The molecule has 1 fully saturated rings. The lowest BCUT2D eigenvalue weighted by atomic mass is 10.2. The second-order valence-corrected chi connectivity index (χ2v) is 10.1. The SMILES string of the molecule is Cc1ccc(CSCC(=O)N2CCCN(S(=O)(=O)c3c(C)noc3C)CC2)cc1. The summed E-state index contributed by atoms with van der Waals surface area (Å²) in [6.45, 7) is 6.90. The smallest absolute Gasteiger partial charge is 0.248 e. The van der Waals surface area contributed by atoms with Gasteiger partial charge in [-0.2, -0.15) is 4.31 Å². The normalized spacial score (nSPS) is 16.0. The lowest BCUT2D eigenvalue weighted by molar-refractivity contribution is -0.128. The second kappa shape index (κ2) is 9.32. The molecule has 0 spiro atoms. The molecule has 2 aromatic rings. The number of hydrogen-bond acceptors (Lipinski definition) is 6. The number of sulfonamides is 1. The Hall–Kier alpha value is -1.84. The molecule has 1 aromatic heterocycles. The molecule has 9 heteroatoms. The molecule has 1 aliphatic heterocycles. The van der Waals surface area contributed by atoms with Crippen molar-refractivity contribution in [3.05, 3.63) is 46.8 Å². The topological polar surface area (TPSA) is 83.7 Å². The first-order valence-corrected chi connectivity index (χ1v) is 12.2. The van der Waals surface area contributed by atoms with Gasteiger partial charge in [-0.15, -0.1) is 11.8 Å². The minimum Gasteiger partial charge on any atom is -0.360 e. The molecule has 1 aliphatic rings. The van der Waals surface area contributed by atoms with E-state index < -0.39 is 10.0 Å². The summed E-state index contributed by atoms with van der Waals surface area (Å²) in [5, 5.41) is 3.76. The lowest BCUT2D eigenvalue weighted by Crippen LogP contribution is -2.38. The number of hydrogen-bond donors (Lipinski definition) is 0. The summed E-state index contributed by atoms with van der Waals surface area (Å²) in [6, 6.07) is 8.30. The van der Waals surface area contributed by atoms with E-state index in [4.69, 9.17) is 4.52 Å². The first-order chi connectivity index (χ1) is 13.8. The summed E-state index contributed by atoms with van der Waals surface area (Å²) < 4.78 is 32.4. The van der Waals surface area contributed by atoms with Gasteiger partial charge in [-0.3, -0.25) is 4.79 Å². The third-order valence-corrected chi connectivity index (χ3v) is 8.12. The fourth-order valence-electron chi connectivity index (χ4n) is 3.39. The lowest BCUT2D eigenvalue weighted by Gasteiger charge is -2.21. The summed E-state index contributed by atoms with van der Waals surface area (Å²) in [6.07, 6.45) is 0.608. The van der Waals surface area contributed by atoms with Crippen molar-refractivity contribution in [2.24, 2.45) is 0 Å². The van der Waals surface area contributed by atoms with Crippen LogP contribution in [-0.2, 0) is 20.6 Å². The van der Waals surface area contributed by atoms with E-state index in [1.807, 2.05) is 0 Å². The molecule has 0 radical (unpaired) electrons. The first-order valence-electron chi connectivity index (χ1n) is 9.63. The van der Waals surface area contributed by atoms with Gasteiger partial charge in [0, 0.05) is 31.9 Å². The summed E-state index contributed by atoms with van der Waals surface area (Å²) in [7, 11) is -3.68. The Kier molecular flexibility index (Phi) is 7.02. The molecule has 0 saturated carbocycles. The van der Waals surface area contributed by atoms with Gasteiger partial charge < -0.3 is 9.42 Å². The van der Waals surface area contributed by atoms with Gasteiger partial charge in [0.05, 0.1) is 5.75 Å². The van der Waals surface area contributed by atoms with Crippen LogP contribution in [0.5, 0.6) is 0 Å². The zero-order chi connectivity index (χ0) is 21.0. The highest BCUT2D eigenvalue weighted by Gasteiger charge is 2.32. The molecule has 2 heterocycles. The molecule has 7 nitrogen and oxygen atoms in total. The zero-order valence-corrected chi connectivity index (χ0v) is 18.7. The van der Waals surface area contributed by atoms with E-state index >= 15 is 0 Å². The number of carbonyl (C=O) groups excluding carboxylic acids is 1. The average molecular weight is 438 g/mol. The van der Waals surface area contributed by atoms with Crippen molar-refractivity contribution >= 4 is 27.7 Å². The van der Waals surface area contributed by atoms with Gasteiger partial charge in [-0.25, -0.2) is 8.42 Å². The minimum absolute atomic E-state index is 0.0544. The van der Waals surface area contributed by atoms with E-state index in [2.05, 4.69) is 36.3 Å². The maximum absolute atomic E-state index is 13.0. The van der Waals surface area contributed by atoms with Gasteiger partial charge in [0.25, 0.3) is 0 Å². The first kappa shape index (κ1) is 21.9. The third kappa shape index (κ3) is 5.21. The van der Waals surface area contributed by atoms with E-state index in [1.165, 1.54) is 15.4 Å². The average Bonchev–Trinajstić information content (AvgIpc) is 2.88. The Morgan fingerprint density at radius 2 is 1.83 bits per heavy atom. The molecule has 0 N–H and O–H groups in total. The summed E-state index contributed by atoms with van der Waals surface area (Å²) in [4.78, 5) is 14.5. The maximum Gasteiger partial charge on any atom is 0.248 e. The maximum atomic E-state index is 13.0. The Bertz CT molecular complexity index is 935. The van der Waals surface area contributed by atoms with Crippen molar-refractivity contribution in [3.8, 4) is 0 Å². The fraction of sp³-hybridized carbons (Fsp3) is 0.500. The van der Waals surface area contributed by atoms with Crippen LogP contribution in [0.15, 0.2) is 33.7 Å². The number of benzene rings is 1. The molecule has 0 aliphatic carbocycles. The second-order valence-electron chi connectivity index (χ2n) is 7.27. The predicted molar refractivity (Wildman–Crippen MR) is 113 cm³/mol. The molecule has 29 heavy (non-hydrogen) atoms. The van der Waals surface area contributed by atoms with Crippen molar-refractivity contribution in [3.63, 3.8) is 0 Å². The molecule has 0 unspecified atom stereocenters. The van der Waals surface area contributed by atoms with Gasteiger partial charge in [-0.1, -0.05) is 35.0 Å². The Morgan fingerprint density at radius 1 is 1.10 bits per heavy atom. The van der Waals surface area contributed by atoms with Gasteiger partial charge in [0.1, 0.15) is 10.6 Å². The monoisotopic (exact) mass is 437 g/mol. The molecule has 3 rings (SSSR count). The van der Waals surface area contributed by atoms with E-state index in [9.17, 15) is 13.2 Å². The minimum atomic E-state index is -3.68. The number of thioether (sulfide) groups is 1. The molecule has 1 aromatic carbocycles. The highest BCUT2D eigenvalue weighted by Crippen LogP contribution is 2.24. The van der Waals surface area contributed by atoms with Crippen LogP contribution >= 0.6 is 11.8 Å². The van der Waals surface area contributed by atoms with E-state index in [0.29, 0.717) is 43.3 Å². The molecular weight excluding hydrogens is 410 g/mol. The van der Waals surface area contributed by atoms with Gasteiger partial charge in [0.2, 0.25) is 15.9 Å². The number of nitrogens with zero attached hydrogens (tertiary/aromatic N) is 3. The highest BCUT2D eigenvalue weighted by atomic mass is 32.2. The summed E-state index contributed by atoms with van der Waals surface area (Å²) in [5.74, 6) is 1.53. The predicted octanol–water partition coefficient (Wildman–Crippen LogP) is 2.76. The van der Waals surface area contributed by atoms with E-state index in [1.54, 1.807) is 30.5 Å². The molecule has 1 saturated heterocycles. The van der Waals surface area contributed by atoms with Crippen LogP contribution in [0.4, 0.5) is 0 Å². The molecular formula is C20H27N3O4S2. The van der Waals surface area contributed by atoms with Gasteiger partial charge in [-0.05, 0) is 32.8 Å². The molecule has 0 atom stereocenters. The summed E-state index contributed by atoms with van der Waals surface area (Å²) in [5.41, 5.74) is 2.78. The van der Waals surface area contributed by atoms with Crippen LogP contribution in [-0.4, -0.2) is 60.6 Å². The van der Waals surface area contributed by atoms with Crippen molar-refractivity contribution in [2.75, 3.05) is 31.9 Å². The number of amides is 1. The van der Waals surface area contributed by atoms with Crippen LogP contribution in [0.2, 0.25) is 0 Å². The van der Waals surface area contributed by atoms with Crippen LogP contribution in [0.3, 0.4) is 0 Å². The number of rotatable bonds is 6. The Labute approximate surface area is 176 Å². The zero-order valence-electron chi connectivity index (χ0n) is 17.1. The van der Waals surface area contributed by atoms with Gasteiger partial charge in [0.15, 0.2) is 5.76 Å². The van der Waals surface area contributed by atoms with Crippen LogP contribution in [0, 0.1) is 20.8 Å². The van der Waals surface area contributed by atoms with Crippen LogP contribution in [0.25, 0.3) is 0 Å². The van der Waals surface area contributed by atoms with Crippen molar-refractivity contribution in [1.29, 1.82) is 0 Å². The van der Waals surface area contributed by atoms with E-state index in [0.717, 1.165) is 5.75 Å². The van der Waals surface area contributed by atoms with Crippen LogP contribution in [0.1, 0.15) is 29.0 Å². The van der Waals surface area contributed by atoms with Gasteiger partial charge >= 0.3 is 0 Å². The number of aryl methyl sites for hydroxylation is 3. The standard InChI is InChI=1S/C20H27N3O4S2/c1-15-5-7-18(8-6-15)13-28-14-19(24)22-9-4-10-23(12-11-22)29(25,26)20-16(2)21-27-17(20)3/h5-8H,4,9-14H2,1-3H3. The summed E-state index contributed by atoms with van der Waals surface area (Å²) >= 11 is 1.59. The molecule has 1 amide bonds. The molecule has 158 valence electrons. The quantitative estimate of drug-likeness (QED) is 0.691. The Balaban J connectivity index is 1.55. The largest absolute Gasteiger partial charge is 0.360 e. The number of carbonyl (C=O) groups is 1. The Morgan fingerprint density at radius 3 is 2.48 bits per heavy atom. The highest BCUT2D eigenvalue weighted by molar-refractivity contribution is 7.99. The van der Waals surface area contributed by atoms with Crippen molar-refractivity contribution in [2.45, 2.75) is 37.8 Å². The van der Waals surface area contributed by atoms with E-state index in [-0.39, 0.29) is 17.3 Å². The fourth-order valence-corrected chi connectivity index (χ4v) is 6.04. The van der Waals surface area contributed by atoms with Crippen molar-refractivity contribution in [1.82, 2.24) is 14.4 Å².